The molecule has 0 saturated carbocycles. The molecule has 1 aromatic rings. The van der Waals surface area contributed by atoms with Crippen LogP contribution in [0, 0.1) is 5.92 Å². The second-order valence-electron chi connectivity index (χ2n) is 3.12. The van der Waals surface area contributed by atoms with Gasteiger partial charge in [-0.15, -0.1) is 0 Å². The van der Waals surface area contributed by atoms with Crippen LogP contribution in [0.25, 0.3) is 0 Å². The molecule has 5 N–H and O–H groups in total. The summed E-state index contributed by atoms with van der Waals surface area (Å²) < 4.78 is 1.39. The van der Waals surface area contributed by atoms with Crippen molar-refractivity contribution >= 4 is 5.97 Å². The molecule has 6 nitrogen and oxygen atoms in total. The van der Waals surface area contributed by atoms with E-state index in [0.717, 1.165) is 0 Å². The van der Waals surface area contributed by atoms with E-state index in [-0.39, 0.29) is 5.92 Å². The number of carbonyl (C=O) groups is 1. The summed E-state index contributed by atoms with van der Waals surface area (Å²) in [7, 11) is 0. The lowest BCUT2D eigenvalue weighted by Crippen LogP contribution is -2.34. The summed E-state index contributed by atoms with van der Waals surface area (Å²) in [6, 6.07) is -0.713. The molecule has 0 bridgehead atoms. The topological polar surface area (TPSA) is 107 Å². The zero-order valence-corrected chi connectivity index (χ0v) is 8.29. The van der Waals surface area contributed by atoms with Crippen LogP contribution in [-0.2, 0) is 4.79 Å². The summed E-state index contributed by atoms with van der Waals surface area (Å²) in [4.78, 5) is 13.7. The highest BCUT2D eigenvalue weighted by molar-refractivity contribution is 5.73. The number of hydrogen-bond donors (Lipinski definition) is 3. The predicted octanol–water partition coefficient (Wildman–Crippen LogP) is -0.349. The van der Waals surface area contributed by atoms with Crippen LogP contribution in [-0.4, -0.2) is 26.8 Å². The summed E-state index contributed by atoms with van der Waals surface area (Å²) in [5, 5.41) is 8.23. The van der Waals surface area contributed by atoms with Gasteiger partial charge in [0.15, 0.2) is 0 Å². The first-order chi connectivity index (χ1) is 6.45. The largest absolute Gasteiger partial charge is 0.480 e. The van der Waals surface area contributed by atoms with Crippen LogP contribution < -0.4 is 11.6 Å². The Balaban J connectivity index is 0.000000249. The molecular formula is C8H16N4O2. The van der Waals surface area contributed by atoms with Crippen LogP contribution in [0.3, 0.4) is 0 Å². The number of imidazole rings is 1. The van der Waals surface area contributed by atoms with Gasteiger partial charge in [-0.05, 0) is 5.92 Å². The molecule has 0 radical (unpaired) electrons. The number of carboxylic acid groups (broad SMARTS) is 1. The Bertz CT molecular complexity index is 258. The van der Waals surface area contributed by atoms with Crippen molar-refractivity contribution in [1.29, 1.82) is 0 Å². The van der Waals surface area contributed by atoms with Crippen LogP contribution in [0.15, 0.2) is 18.7 Å². The summed E-state index contributed by atoms with van der Waals surface area (Å²) in [5.41, 5.74) is 5.16. The minimum absolute atomic E-state index is 0.0208. The molecule has 0 saturated heterocycles. The molecule has 14 heavy (non-hydrogen) atoms. The van der Waals surface area contributed by atoms with Crippen molar-refractivity contribution in [3.63, 3.8) is 0 Å². The third-order valence-electron chi connectivity index (χ3n) is 1.53. The van der Waals surface area contributed by atoms with Gasteiger partial charge in [0.1, 0.15) is 12.4 Å². The van der Waals surface area contributed by atoms with Gasteiger partial charge in [-0.2, -0.15) is 0 Å². The van der Waals surface area contributed by atoms with E-state index in [9.17, 15) is 4.79 Å². The maximum absolute atomic E-state index is 10.0. The van der Waals surface area contributed by atoms with Crippen molar-refractivity contribution < 1.29 is 9.90 Å². The lowest BCUT2D eigenvalue weighted by molar-refractivity contribution is -0.139. The Morgan fingerprint density at radius 1 is 1.57 bits per heavy atom. The van der Waals surface area contributed by atoms with E-state index < -0.39 is 12.0 Å². The van der Waals surface area contributed by atoms with Crippen molar-refractivity contribution in [2.75, 3.05) is 5.84 Å². The minimum atomic E-state index is -0.931. The fourth-order valence-electron chi connectivity index (χ4n) is 0.555. The van der Waals surface area contributed by atoms with Crippen molar-refractivity contribution in [2.45, 2.75) is 19.9 Å². The number of aromatic nitrogens is 2. The van der Waals surface area contributed by atoms with Gasteiger partial charge >= 0.3 is 5.97 Å². The van der Waals surface area contributed by atoms with Crippen LogP contribution in [0.2, 0.25) is 0 Å². The molecule has 0 fully saturated rings. The van der Waals surface area contributed by atoms with Crippen LogP contribution in [0.1, 0.15) is 13.8 Å². The summed E-state index contributed by atoms with van der Waals surface area (Å²) in [6.07, 6.45) is 4.82. The number of carboxylic acids is 1. The maximum atomic E-state index is 10.0. The molecule has 1 rings (SSSR count). The van der Waals surface area contributed by atoms with E-state index in [1.165, 1.54) is 11.0 Å². The second kappa shape index (κ2) is 5.98. The number of hydrogen-bond acceptors (Lipinski definition) is 4. The number of nitrogens with zero attached hydrogens (tertiary/aromatic N) is 2. The third kappa shape index (κ3) is 5.15. The molecule has 0 aliphatic rings. The first-order valence-corrected chi connectivity index (χ1v) is 4.16. The molecule has 0 amide bonds. The van der Waals surface area contributed by atoms with Gasteiger partial charge in [0.2, 0.25) is 0 Å². The van der Waals surface area contributed by atoms with Gasteiger partial charge in [-0.25, -0.2) is 4.98 Å². The van der Waals surface area contributed by atoms with Gasteiger partial charge < -0.3 is 16.7 Å². The maximum Gasteiger partial charge on any atom is 0.320 e. The molecular weight excluding hydrogens is 184 g/mol. The Hall–Kier alpha value is -1.56. The van der Waals surface area contributed by atoms with Gasteiger partial charge in [0.05, 0.1) is 0 Å². The van der Waals surface area contributed by atoms with E-state index in [1.54, 1.807) is 26.2 Å². The zero-order chi connectivity index (χ0) is 11.1. The molecule has 0 unspecified atom stereocenters. The van der Waals surface area contributed by atoms with Crippen LogP contribution in [0.5, 0.6) is 0 Å². The third-order valence-corrected chi connectivity index (χ3v) is 1.53. The lowest BCUT2D eigenvalue weighted by Gasteiger charge is -2.07. The number of aliphatic carboxylic acids is 1. The van der Waals surface area contributed by atoms with Gasteiger partial charge in [0, 0.05) is 12.4 Å². The SMILES string of the molecule is CC(C)[C@H](N)C(=O)O.Nn1ccnc1. The van der Waals surface area contributed by atoms with E-state index in [2.05, 4.69) is 4.98 Å². The van der Waals surface area contributed by atoms with Crippen LogP contribution >= 0.6 is 0 Å². The van der Waals surface area contributed by atoms with Crippen LogP contribution in [0.4, 0.5) is 0 Å². The standard InChI is InChI=1S/C5H11NO2.C3H5N3/c1-3(2)4(6)5(7)8;4-6-2-1-5-3-6/h3-4H,6H2,1-2H3,(H,7,8);1-3H,4H2/t4-;/m0./s1. The monoisotopic (exact) mass is 200 g/mol. The van der Waals surface area contributed by atoms with E-state index in [4.69, 9.17) is 16.7 Å². The fraction of sp³-hybridized carbons (Fsp3) is 0.500. The van der Waals surface area contributed by atoms with E-state index in [0.29, 0.717) is 0 Å². The van der Waals surface area contributed by atoms with Crippen molar-refractivity contribution in [1.82, 2.24) is 9.66 Å². The van der Waals surface area contributed by atoms with Gasteiger partial charge in [0.25, 0.3) is 0 Å². The second-order valence-corrected chi connectivity index (χ2v) is 3.12. The highest BCUT2D eigenvalue weighted by Crippen LogP contribution is 1.96. The average Bonchev–Trinajstić information content (AvgIpc) is 2.55. The number of nitrogen functional groups attached to an aromatic ring is 1. The Labute approximate surface area is 82.5 Å². The Morgan fingerprint density at radius 2 is 2.14 bits per heavy atom. The fourth-order valence-corrected chi connectivity index (χ4v) is 0.555. The zero-order valence-electron chi connectivity index (χ0n) is 8.29. The molecule has 1 aromatic heterocycles. The summed E-state index contributed by atoms with van der Waals surface area (Å²) >= 11 is 0. The predicted molar refractivity (Wildman–Crippen MR) is 52.8 cm³/mol. The smallest absolute Gasteiger partial charge is 0.320 e. The van der Waals surface area contributed by atoms with Gasteiger partial charge in [-0.1, -0.05) is 13.8 Å². The lowest BCUT2D eigenvalue weighted by atomic mass is 10.1. The average molecular weight is 200 g/mol. The minimum Gasteiger partial charge on any atom is -0.480 e. The molecule has 0 aliphatic heterocycles. The molecule has 0 spiro atoms. The van der Waals surface area contributed by atoms with Crippen molar-refractivity contribution in [3.8, 4) is 0 Å². The molecule has 0 aromatic carbocycles. The van der Waals surface area contributed by atoms with Gasteiger partial charge in [-0.3, -0.25) is 9.47 Å². The highest BCUT2D eigenvalue weighted by Gasteiger charge is 2.14. The highest BCUT2D eigenvalue weighted by atomic mass is 16.4. The molecule has 0 aliphatic carbocycles. The quantitative estimate of drug-likeness (QED) is 0.566. The van der Waals surface area contributed by atoms with Crippen molar-refractivity contribution in [3.05, 3.63) is 18.7 Å². The molecule has 1 atom stereocenters. The molecule has 80 valence electrons. The molecule has 6 heteroatoms. The van der Waals surface area contributed by atoms with E-state index >= 15 is 0 Å². The Morgan fingerprint density at radius 3 is 2.21 bits per heavy atom. The van der Waals surface area contributed by atoms with E-state index in [1.807, 2.05) is 0 Å². The molecule has 1 heterocycles. The Kier molecular flexibility index (Phi) is 5.31. The first-order valence-electron chi connectivity index (χ1n) is 4.16. The summed E-state index contributed by atoms with van der Waals surface area (Å²) in [5.74, 6) is 4.22. The first kappa shape index (κ1) is 12.4. The summed E-state index contributed by atoms with van der Waals surface area (Å²) in [6.45, 7) is 3.55. The number of rotatable bonds is 2. The van der Waals surface area contributed by atoms with Crippen molar-refractivity contribution in [2.24, 2.45) is 11.7 Å². The number of nitrogens with two attached hydrogens (primary N) is 2. The normalized spacial score (nSPS) is 11.7.